The molecule has 0 unspecified atom stereocenters. The van der Waals surface area contributed by atoms with Gasteiger partial charge in [0.1, 0.15) is 13.2 Å². The Morgan fingerprint density at radius 2 is 1.79 bits per heavy atom. The molecule has 0 radical (unpaired) electrons. The molecule has 0 spiro atoms. The van der Waals surface area contributed by atoms with Crippen LogP contribution in [0.2, 0.25) is 0 Å². The van der Waals surface area contributed by atoms with E-state index in [-0.39, 0.29) is 0 Å². The number of nitrogens with zero attached hydrogens (tertiary/aromatic N) is 3. The predicted octanol–water partition coefficient (Wildman–Crippen LogP) is 3.49. The van der Waals surface area contributed by atoms with Crippen molar-refractivity contribution in [3.63, 3.8) is 0 Å². The summed E-state index contributed by atoms with van der Waals surface area (Å²) in [5.74, 6) is 2.67. The number of imidazole rings is 1. The molecule has 8 heteroatoms. The summed E-state index contributed by atoms with van der Waals surface area (Å²) in [6.45, 7) is 1.11. The minimum Gasteiger partial charge on any atom is -0.486 e. The second-order valence-electron chi connectivity index (χ2n) is 5.44. The lowest BCUT2D eigenvalue weighted by atomic mass is 10.2. The summed E-state index contributed by atoms with van der Waals surface area (Å²) in [6, 6.07) is 11.7. The maximum absolute atomic E-state index is 5.64. The number of H-pyrrole nitrogens is 1. The van der Waals surface area contributed by atoms with Crippen LogP contribution < -0.4 is 14.8 Å². The first kappa shape index (κ1) is 13.7. The number of fused-ring (bicyclic) bond motifs is 4. The van der Waals surface area contributed by atoms with Crippen molar-refractivity contribution in [3.8, 4) is 11.5 Å². The van der Waals surface area contributed by atoms with Gasteiger partial charge in [-0.3, -0.25) is 5.10 Å². The standard InChI is InChI=1S/C16H12BrN5O2/c17-9-1-3-10(4-2-9)18-15-20-16-19-11-7-13-14(24-6-5-23-13)8-12(11)22(16)21-15/h1-4,7-8H,5-6H2,(H2,18,19,20,21). The molecule has 2 aromatic heterocycles. The fourth-order valence-corrected chi connectivity index (χ4v) is 3.01. The summed E-state index contributed by atoms with van der Waals surface area (Å²) >= 11 is 3.42. The van der Waals surface area contributed by atoms with Gasteiger partial charge in [0.05, 0.1) is 11.0 Å². The number of ether oxygens (including phenoxy) is 2. The van der Waals surface area contributed by atoms with Gasteiger partial charge in [0.15, 0.2) is 11.5 Å². The molecule has 120 valence electrons. The topological polar surface area (TPSA) is 76.5 Å². The summed E-state index contributed by atoms with van der Waals surface area (Å²) < 4.78 is 14.1. The van der Waals surface area contributed by atoms with Crippen molar-refractivity contribution in [2.45, 2.75) is 0 Å². The average Bonchev–Trinajstić information content (AvgIpc) is 3.12. The third-order valence-electron chi connectivity index (χ3n) is 3.84. The zero-order chi connectivity index (χ0) is 16.1. The van der Waals surface area contributed by atoms with E-state index < -0.39 is 0 Å². The van der Waals surface area contributed by atoms with Crippen LogP contribution in [0.5, 0.6) is 11.5 Å². The van der Waals surface area contributed by atoms with Gasteiger partial charge in [-0.2, -0.15) is 4.98 Å². The van der Waals surface area contributed by atoms with Crippen LogP contribution in [0.4, 0.5) is 11.6 Å². The third-order valence-corrected chi connectivity index (χ3v) is 4.37. The Kier molecular flexibility index (Phi) is 2.93. The van der Waals surface area contributed by atoms with Gasteiger partial charge in [-0.15, -0.1) is 0 Å². The first-order chi connectivity index (χ1) is 11.8. The van der Waals surface area contributed by atoms with Gasteiger partial charge in [0.25, 0.3) is 5.78 Å². The molecule has 1 aliphatic heterocycles. The highest BCUT2D eigenvalue weighted by Crippen LogP contribution is 2.34. The Morgan fingerprint density at radius 1 is 1.04 bits per heavy atom. The van der Waals surface area contributed by atoms with E-state index >= 15 is 0 Å². The van der Waals surface area contributed by atoms with Crippen molar-refractivity contribution in [2.24, 2.45) is 0 Å². The van der Waals surface area contributed by atoms with Gasteiger partial charge >= 0.3 is 0 Å². The van der Waals surface area contributed by atoms with Crippen molar-refractivity contribution >= 4 is 44.4 Å². The van der Waals surface area contributed by atoms with Crippen LogP contribution in [-0.2, 0) is 0 Å². The maximum Gasteiger partial charge on any atom is 0.253 e. The number of rotatable bonds is 2. The summed E-state index contributed by atoms with van der Waals surface area (Å²) in [5, 5.41) is 6.44. The number of aromatic amines is 1. The van der Waals surface area contributed by atoms with Crippen molar-refractivity contribution in [1.29, 1.82) is 0 Å². The van der Waals surface area contributed by atoms with E-state index in [1.807, 2.05) is 40.9 Å². The number of halogens is 1. The van der Waals surface area contributed by atoms with E-state index in [1.165, 1.54) is 0 Å². The SMILES string of the molecule is Brc1ccc(Nc2nc3nc4cc5c(cc4n3[nH]2)OCCO5)cc1. The molecule has 5 rings (SSSR count). The van der Waals surface area contributed by atoms with Gasteiger partial charge in [0, 0.05) is 22.3 Å². The van der Waals surface area contributed by atoms with Crippen LogP contribution in [0.15, 0.2) is 40.9 Å². The Labute approximate surface area is 144 Å². The largest absolute Gasteiger partial charge is 0.486 e. The van der Waals surface area contributed by atoms with Crippen molar-refractivity contribution in [3.05, 3.63) is 40.9 Å². The lowest BCUT2D eigenvalue weighted by molar-refractivity contribution is 0.172. The Balaban J connectivity index is 1.56. The molecule has 24 heavy (non-hydrogen) atoms. The number of nitrogens with one attached hydrogen (secondary N) is 2. The lowest BCUT2D eigenvalue weighted by Gasteiger charge is -2.17. The summed E-state index contributed by atoms with van der Waals surface area (Å²) in [6.07, 6.45) is 0. The average molecular weight is 386 g/mol. The number of hydrogen-bond acceptors (Lipinski definition) is 5. The summed E-state index contributed by atoms with van der Waals surface area (Å²) in [4.78, 5) is 9.02. The second-order valence-corrected chi connectivity index (χ2v) is 6.35. The molecule has 3 heterocycles. The molecular formula is C16H12BrN5O2. The maximum atomic E-state index is 5.64. The van der Waals surface area contributed by atoms with Crippen LogP contribution in [0.3, 0.4) is 0 Å². The molecule has 0 atom stereocenters. The van der Waals surface area contributed by atoms with Gasteiger partial charge in [-0.25, -0.2) is 9.50 Å². The Morgan fingerprint density at radius 3 is 2.58 bits per heavy atom. The van der Waals surface area contributed by atoms with E-state index in [1.54, 1.807) is 0 Å². The fraction of sp³-hybridized carbons (Fsp3) is 0.125. The van der Waals surface area contributed by atoms with Crippen molar-refractivity contribution < 1.29 is 9.47 Å². The highest BCUT2D eigenvalue weighted by Gasteiger charge is 2.17. The monoisotopic (exact) mass is 385 g/mol. The number of hydrogen-bond donors (Lipinski definition) is 2. The highest BCUT2D eigenvalue weighted by molar-refractivity contribution is 9.10. The van der Waals surface area contributed by atoms with E-state index in [2.05, 4.69) is 36.3 Å². The summed E-state index contributed by atoms with van der Waals surface area (Å²) in [7, 11) is 0. The lowest BCUT2D eigenvalue weighted by Crippen LogP contribution is -2.15. The predicted molar refractivity (Wildman–Crippen MR) is 93.3 cm³/mol. The van der Waals surface area contributed by atoms with E-state index in [0.717, 1.165) is 32.7 Å². The van der Waals surface area contributed by atoms with Gasteiger partial charge in [-0.1, -0.05) is 15.9 Å². The van der Waals surface area contributed by atoms with Crippen molar-refractivity contribution in [2.75, 3.05) is 18.5 Å². The first-order valence-electron chi connectivity index (χ1n) is 7.47. The third kappa shape index (κ3) is 2.18. The normalized spacial score (nSPS) is 13.5. The molecule has 0 saturated carbocycles. The molecule has 0 amide bonds. The Bertz CT molecular complexity index is 1050. The molecule has 7 nitrogen and oxygen atoms in total. The Hall–Kier alpha value is -2.74. The van der Waals surface area contributed by atoms with Crippen molar-refractivity contribution in [1.82, 2.24) is 19.6 Å². The van der Waals surface area contributed by atoms with E-state index in [9.17, 15) is 0 Å². The molecule has 0 aliphatic carbocycles. The molecule has 0 bridgehead atoms. The fourth-order valence-electron chi connectivity index (χ4n) is 2.74. The van der Waals surface area contributed by atoms with Gasteiger partial charge in [-0.05, 0) is 24.3 Å². The summed E-state index contributed by atoms with van der Waals surface area (Å²) in [5.41, 5.74) is 2.65. The molecule has 2 N–H and O–H groups in total. The zero-order valence-corrected chi connectivity index (χ0v) is 14.0. The quantitative estimate of drug-likeness (QED) is 0.552. The highest BCUT2D eigenvalue weighted by atomic mass is 79.9. The van der Waals surface area contributed by atoms with E-state index in [4.69, 9.17) is 9.47 Å². The number of benzene rings is 2. The number of anilines is 2. The zero-order valence-electron chi connectivity index (χ0n) is 12.4. The van der Waals surface area contributed by atoms with Gasteiger partial charge < -0.3 is 14.8 Å². The van der Waals surface area contributed by atoms with Crippen LogP contribution in [0.1, 0.15) is 0 Å². The second kappa shape index (κ2) is 5.13. The van der Waals surface area contributed by atoms with Crippen LogP contribution in [0, 0.1) is 0 Å². The van der Waals surface area contributed by atoms with Crippen LogP contribution in [0.25, 0.3) is 16.8 Å². The van der Waals surface area contributed by atoms with Crippen LogP contribution >= 0.6 is 15.9 Å². The molecule has 1 aliphatic rings. The number of aromatic nitrogens is 4. The molecule has 0 fully saturated rings. The first-order valence-corrected chi connectivity index (χ1v) is 8.26. The molecular weight excluding hydrogens is 374 g/mol. The smallest absolute Gasteiger partial charge is 0.253 e. The minimum atomic E-state index is 0.555. The minimum absolute atomic E-state index is 0.555. The molecule has 4 aromatic rings. The van der Waals surface area contributed by atoms with Crippen LogP contribution in [-0.4, -0.2) is 32.8 Å². The van der Waals surface area contributed by atoms with Gasteiger partial charge in [0.2, 0.25) is 5.95 Å². The molecule has 2 aromatic carbocycles. The molecule has 0 saturated heterocycles. The van der Waals surface area contributed by atoms with E-state index in [0.29, 0.717) is 24.9 Å².